The number of aryl methyl sites for hydroxylation is 1. The number of methoxy groups -OCH3 is 2. The van der Waals surface area contributed by atoms with E-state index in [1.807, 2.05) is 13.0 Å². The topological polar surface area (TPSA) is 75.1 Å². The molecule has 0 aromatic heterocycles. The number of hydrogen-bond donors (Lipinski definition) is 3. The summed E-state index contributed by atoms with van der Waals surface area (Å²) in [6.07, 6.45) is 1.24. The molecular formula is C23H34IN3O3. The van der Waals surface area contributed by atoms with Crippen LogP contribution in [0.1, 0.15) is 37.5 Å². The third-order valence-corrected chi connectivity index (χ3v) is 4.62. The van der Waals surface area contributed by atoms with Crippen molar-refractivity contribution < 1.29 is 14.6 Å². The number of ether oxygens (including phenoxy) is 2. The summed E-state index contributed by atoms with van der Waals surface area (Å²) in [6, 6.07) is 16.1. The van der Waals surface area contributed by atoms with Crippen LogP contribution in [-0.4, -0.2) is 44.4 Å². The number of guanidine groups is 1. The maximum Gasteiger partial charge on any atom is 0.191 e. The van der Waals surface area contributed by atoms with Crippen LogP contribution < -0.4 is 20.1 Å². The molecule has 2 rings (SSSR count). The highest BCUT2D eigenvalue weighted by Gasteiger charge is 2.12. The fourth-order valence-electron chi connectivity index (χ4n) is 2.96. The van der Waals surface area contributed by atoms with Gasteiger partial charge in [-0.1, -0.05) is 30.3 Å². The SMILES string of the molecule is CCNC(=NCC(O)c1cc(OC)cc(OC)c1)NC(C)CCc1ccccc1.I. The Labute approximate surface area is 197 Å². The predicted molar refractivity (Wildman–Crippen MR) is 133 cm³/mol. The Morgan fingerprint density at radius 2 is 1.70 bits per heavy atom. The third kappa shape index (κ3) is 8.79. The van der Waals surface area contributed by atoms with Gasteiger partial charge in [0.15, 0.2) is 5.96 Å². The molecule has 0 aliphatic carbocycles. The Hall–Kier alpha value is -2.00. The van der Waals surface area contributed by atoms with Gasteiger partial charge in [0.05, 0.1) is 26.9 Å². The van der Waals surface area contributed by atoms with Crippen LogP contribution in [0.4, 0.5) is 0 Å². The van der Waals surface area contributed by atoms with Gasteiger partial charge in [-0.05, 0) is 49.9 Å². The van der Waals surface area contributed by atoms with Crippen molar-refractivity contribution in [3.05, 3.63) is 59.7 Å². The van der Waals surface area contributed by atoms with Gasteiger partial charge in [-0.15, -0.1) is 24.0 Å². The maximum absolute atomic E-state index is 10.6. The number of nitrogens with zero attached hydrogens (tertiary/aromatic N) is 1. The van der Waals surface area contributed by atoms with Gasteiger partial charge < -0.3 is 25.2 Å². The van der Waals surface area contributed by atoms with Crippen molar-refractivity contribution in [2.24, 2.45) is 4.99 Å². The zero-order chi connectivity index (χ0) is 21.1. The highest BCUT2D eigenvalue weighted by Crippen LogP contribution is 2.26. The summed E-state index contributed by atoms with van der Waals surface area (Å²) in [4.78, 5) is 4.56. The van der Waals surface area contributed by atoms with Gasteiger partial charge in [0.2, 0.25) is 0 Å². The minimum Gasteiger partial charge on any atom is -0.497 e. The standard InChI is InChI=1S/C23H33N3O3.HI/c1-5-24-23(26-17(2)11-12-18-9-7-6-8-10-18)25-16-22(27)19-13-20(28-3)15-21(14-19)29-4;/h6-10,13-15,17,22,27H,5,11-12,16H2,1-4H3,(H2,24,25,26);1H. The summed E-state index contributed by atoms with van der Waals surface area (Å²) >= 11 is 0. The van der Waals surface area contributed by atoms with E-state index in [0.717, 1.165) is 19.4 Å². The second kappa shape index (κ2) is 14.1. The molecule has 0 amide bonds. The molecule has 0 saturated heterocycles. The van der Waals surface area contributed by atoms with Crippen molar-refractivity contribution in [2.45, 2.75) is 38.8 Å². The average Bonchev–Trinajstić information content (AvgIpc) is 2.76. The number of aliphatic imine (C=N–C) groups is 1. The zero-order valence-corrected chi connectivity index (χ0v) is 20.6. The molecule has 6 nitrogen and oxygen atoms in total. The van der Waals surface area contributed by atoms with Gasteiger partial charge in [-0.3, -0.25) is 4.99 Å². The summed E-state index contributed by atoms with van der Waals surface area (Å²) in [7, 11) is 3.18. The molecule has 0 bridgehead atoms. The largest absolute Gasteiger partial charge is 0.497 e. The van der Waals surface area contributed by atoms with Gasteiger partial charge in [-0.25, -0.2) is 0 Å². The van der Waals surface area contributed by atoms with E-state index in [9.17, 15) is 5.11 Å². The summed E-state index contributed by atoms with van der Waals surface area (Å²) in [5.74, 6) is 1.98. The van der Waals surface area contributed by atoms with Crippen molar-refractivity contribution in [1.82, 2.24) is 10.6 Å². The second-order valence-corrected chi connectivity index (χ2v) is 6.95. The molecule has 3 N–H and O–H groups in total. The van der Waals surface area contributed by atoms with Crippen LogP contribution in [0.25, 0.3) is 0 Å². The number of halogens is 1. The van der Waals surface area contributed by atoms with Crippen LogP contribution in [0.15, 0.2) is 53.5 Å². The van der Waals surface area contributed by atoms with Gasteiger partial charge in [0.25, 0.3) is 0 Å². The van der Waals surface area contributed by atoms with Gasteiger partial charge in [0.1, 0.15) is 11.5 Å². The Kier molecular flexibility index (Phi) is 12.2. The number of nitrogens with one attached hydrogen (secondary N) is 2. The minimum atomic E-state index is -0.755. The van der Waals surface area contributed by atoms with E-state index in [4.69, 9.17) is 9.47 Å². The Balaban J connectivity index is 0.00000450. The number of aliphatic hydroxyl groups is 1. The van der Waals surface area contributed by atoms with E-state index in [0.29, 0.717) is 23.0 Å². The molecule has 2 aromatic rings. The van der Waals surface area contributed by atoms with E-state index in [1.54, 1.807) is 32.4 Å². The normalized spacial score (nSPS) is 13.0. The van der Waals surface area contributed by atoms with E-state index in [-0.39, 0.29) is 36.6 Å². The lowest BCUT2D eigenvalue weighted by molar-refractivity contribution is 0.186. The lowest BCUT2D eigenvalue weighted by Crippen LogP contribution is -2.42. The molecule has 0 heterocycles. The third-order valence-electron chi connectivity index (χ3n) is 4.62. The highest BCUT2D eigenvalue weighted by molar-refractivity contribution is 14.0. The molecule has 2 atom stereocenters. The lowest BCUT2D eigenvalue weighted by atomic mass is 10.1. The number of rotatable bonds is 10. The van der Waals surface area contributed by atoms with Crippen LogP contribution in [0, 0.1) is 0 Å². The smallest absolute Gasteiger partial charge is 0.191 e. The van der Waals surface area contributed by atoms with Crippen LogP contribution in [0.2, 0.25) is 0 Å². The molecular weight excluding hydrogens is 493 g/mol. The number of benzene rings is 2. The van der Waals surface area contributed by atoms with E-state index in [1.165, 1.54) is 5.56 Å². The van der Waals surface area contributed by atoms with Crippen LogP contribution in [0.3, 0.4) is 0 Å². The first-order chi connectivity index (χ1) is 14.0. The Bertz CT molecular complexity index is 749. The molecule has 0 radical (unpaired) electrons. The highest BCUT2D eigenvalue weighted by atomic mass is 127. The minimum absolute atomic E-state index is 0. The first kappa shape index (κ1) is 26.0. The summed E-state index contributed by atoms with van der Waals surface area (Å²) in [5, 5.41) is 17.3. The average molecular weight is 527 g/mol. The maximum atomic E-state index is 10.6. The van der Waals surface area contributed by atoms with E-state index in [2.05, 4.69) is 46.8 Å². The van der Waals surface area contributed by atoms with Gasteiger partial charge >= 0.3 is 0 Å². The van der Waals surface area contributed by atoms with Gasteiger partial charge in [-0.2, -0.15) is 0 Å². The zero-order valence-electron chi connectivity index (χ0n) is 18.2. The van der Waals surface area contributed by atoms with Crippen molar-refractivity contribution in [2.75, 3.05) is 27.3 Å². The van der Waals surface area contributed by atoms with E-state index >= 15 is 0 Å². The first-order valence-electron chi connectivity index (χ1n) is 10.1. The number of hydrogen-bond acceptors (Lipinski definition) is 4. The lowest BCUT2D eigenvalue weighted by Gasteiger charge is -2.19. The fourth-order valence-corrected chi connectivity index (χ4v) is 2.96. The molecule has 0 saturated carbocycles. The fraction of sp³-hybridized carbons (Fsp3) is 0.435. The summed E-state index contributed by atoms with van der Waals surface area (Å²) < 4.78 is 10.6. The molecule has 0 aliphatic heterocycles. The molecule has 0 fully saturated rings. The van der Waals surface area contributed by atoms with Crippen LogP contribution in [-0.2, 0) is 6.42 Å². The van der Waals surface area contributed by atoms with Crippen molar-refractivity contribution in [3.63, 3.8) is 0 Å². The van der Waals surface area contributed by atoms with Crippen LogP contribution in [0.5, 0.6) is 11.5 Å². The molecule has 7 heteroatoms. The molecule has 30 heavy (non-hydrogen) atoms. The Morgan fingerprint density at radius 1 is 1.07 bits per heavy atom. The predicted octanol–water partition coefficient (Wildman–Crippen LogP) is 3.93. The second-order valence-electron chi connectivity index (χ2n) is 6.95. The van der Waals surface area contributed by atoms with Crippen molar-refractivity contribution >= 4 is 29.9 Å². The molecule has 0 spiro atoms. The number of aliphatic hydroxyl groups excluding tert-OH is 1. The summed E-state index contributed by atoms with van der Waals surface area (Å²) in [6.45, 7) is 5.14. The molecule has 166 valence electrons. The monoisotopic (exact) mass is 527 g/mol. The van der Waals surface area contributed by atoms with Crippen molar-refractivity contribution in [3.8, 4) is 11.5 Å². The van der Waals surface area contributed by atoms with Gasteiger partial charge in [0, 0.05) is 18.7 Å². The molecule has 2 aromatic carbocycles. The Morgan fingerprint density at radius 3 is 2.27 bits per heavy atom. The van der Waals surface area contributed by atoms with Crippen molar-refractivity contribution in [1.29, 1.82) is 0 Å². The molecule has 0 aliphatic rings. The van der Waals surface area contributed by atoms with E-state index < -0.39 is 6.10 Å². The molecule has 2 unspecified atom stereocenters. The summed E-state index contributed by atoms with van der Waals surface area (Å²) in [5.41, 5.74) is 2.03. The van der Waals surface area contributed by atoms with Crippen LogP contribution >= 0.6 is 24.0 Å². The first-order valence-corrected chi connectivity index (χ1v) is 10.1. The quantitative estimate of drug-likeness (QED) is 0.248.